The van der Waals surface area contributed by atoms with Crippen LogP contribution in [0, 0.1) is 0 Å². The normalized spacial score (nSPS) is 20.9. The van der Waals surface area contributed by atoms with Gasteiger partial charge in [0, 0.05) is 37.5 Å². The maximum atomic E-state index is 13.8. The van der Waals surface area contributed by atoms with Crippen molar-refractivity contribution in [3.63, 3.8) is 0 Å². The number of aromatic nitrogens is 2. The van der Waals surface area contributed by atoms with E-state index in [1.165, 1.54) is 28.7 Å². The van der Waals surface area contributed by atoms with Crippen LogP contribution in [0.25, 0.3) is 0 Å². The Kier molecular flexibility index (Phi) is 5.39. The number of carbonyl (C=O) groups is 2. The number of hydrogen-bond acceptors (Lipinski definition) is 6. The van der Waals surface area contributed by atoms with Crippen molar-refractivity contribution in [2.24, 2.45) is 0 Å². The third kappa shape index (κ3) is 3.99. The first-order valence-corrected chi connectivity index (χ1v) is 11.3. The smallest absolute Gasteiger partial charge is 0.410 e. The monoisotopic (exact) mass is 479 g/mol. The summed E-state index contributed by atoms with van der Waals surface area (Å²) in [5, 5.41) is 8.84. The molecule has 0 spiro atoms. The average Bonchev–Trinajstić information content (AvgIpc) is 3.58. The minimum absolute atomic E-state index is 0.0704. The van der Waals surface area contributed by atoms with E-state index in [4.69, 9.17) is 4.42 Å². The fraction of sp³-hybridized carbons (Fsp3) is 0.381. The largest absolute Gasteiger partial charge is 0.459 e. The maximum absolute atomic E-state index is 13.8. The number of furan rings is 1. The molecule has 12 heteroatoms. The number of thiophene rings is 1. The molecule has 0 saturated carbocycles. The van der Waals surface area contributed by atoms with E-state index < -0.39 is 24.2 Å². The van der Waals surface area contributed by atoms with E-state index >= 15 is 0 Å². The van der Waals surface area contributed by atoms with Crippen LogP contribution in [0.15, 0.2) is 46.5 Å². The van der Waals surface area contributed by atoms with Crippen molar-refractivity contribution in [1.82, 2.24) is 19.6 Å². The molecule has 1 N–H and O–H groups in total. The second kappa shape index (κ2) is 8.25. The second-order valence-electron chi connectivity index (χ2n) is 7.92. The first kappa shape index (κ1) is 21.6. The van der Waals surface area contributed by atoms with Crippen LogP contribution < -0.4 is 5.32 Å². The number of carbonyl (C=O) groups excluding carboxylic acids is 2. The summed E-state index contributed by atoms with van der Waals surface area (Å²) in [5.74, 6) is -0.381. The number of nitrogens with zero attached hydrogens (tertiary/aromatic N) is 4. The molecule has 2 atom stereocenters. The highest BCUT2D eigenvalue weighted by Crippen LogP contribution is 2.45. The first-order valence-electron chi connectivity index (χ1n) is 10.4. The van der Waals surface area contributed by atoms with Crippen LogP contribution in [0.1, 0.15) is 44.3 Å². The van der Waals surface area contributed by atoms with Crippen molar-refractivity contribution < 1.29 is 27.2 Å². The Morgan fingerprint density at radius 2 is 1.82 bits per heavy atom. The van der Waals surface area contributed by atoms with Gasteiger partial charge >= 0.3 is 6.18 Å². The standard InChI is InChI=1S/C21H20F3N5O3S/c22-21(23,24)17-11-14(16-4-2-10-33-16)26-18-13(12-25-29(17)18)19(30)27-5-7-28(8-6-27)20(31)15-3-1-9-32-15/h1-4,9-10,12,14,17,26H,5-8,11H2/t14-,17+/m0/s1. The molecule has 1 saturated heterocycles. The number of nitrogens with one attached hydrogen (secondary N) is 1. The molecule has 1 fully saturated rings. The Bertz CT molecular complexity index is 1130. The summed E-state index contributed by atoms with van der Waals surface area (Å²) < 4.78 is 47.4. The van der Waals surface area contributed by atoms with Gasteiger partial charge in [0.1, 0.15) is 11.4 Å². The summed E-state index contributed by atoms with van der Waals surface area (Å²) >= 11 is 1.36. The lowest BCUT2D eigenvalue weighted by atomic mass is 10.0. The number of fused-ring (bicyclic) bond motifs is 1. The van der Waals surface area contributed by atoms with Crippen molar-refractivity contribution in [2.45, 2.75) is 24.7 Å². The molecule has 0 unspecified atom stereocenters. The molecular formula is C21H20F3N5O3S. The van der Waals surface area contributed by atoms with E-state index in [0.29, 0.717) is 13.1 Å². The summed E-state index contributed by atoms with van der Waals surface area (Å²) in [5.41, 5.74) is 0.0938. The SMILES string of the molecule is O=C(c1ccco1)N1CCN(C(=O)c2cnn3c2N[C@H](c2cccs2)C[C@@H]3C(F)(F)F)CC1. The minimum Gasteiger partial charge on any atom is -0.459 e. The lowest BCUT2D eigenvalue weighted by Crippen LogP contribution is -2.50. The van der Waals surface area contributed by atoms with Gasteiger partial charge in [-0.25, -0.2) is 4.68 Å². The Morgan fingerprint density at radius 1 is 1.09 bits per heavy atom. The predicted molar refractivity (Wildman–Crippen MR) is 113 cm³/mol. The molecule has 3 aromatic heterocycles. The van der Waals surface area contributed by atoms with Gasteiger partial charge in [0.2, 0.25) is 0 Å². The van der Waals surface area contributed by atoms with Gasteiger partial charge in [-0.1, -0.05) is 6.07 Å². The lowest BCUT2D eigenvalue weighted by Gasteiger charge is -2.35. The van der Waals surface area contributed by atoms with E-state index in [9.17, 15) is 22.8 Å². The van der Waals surface area contributed by atoms with E-state index in [1.54, 1.807) is 34.5 Å². The van der Waals surface area contributed by atoms with Crippen molar-refractivity contribution >= 4 is 29.0 Å². The Balaban J connectivity index is 1.35. The first-order chi connectivity index (χ1) is 15.8. The van der Waals surface area contributed by atoms with Crippen LogP contribution in [-0.2, 0) is 0 Å². The molecule has 2 aliphatic heterocycles. The molecule has 0 radical (unpaired) electrons. The molecule has 0 bridgehead atoms. The average molecular weight is 479 g/mol. The lowest BCUT2D eigenvalue weighted by molar-refractivity contribution is -0.173. The zero-order valence-corrected chi connectivity index (χ0v) is 18.1. The van der Waals surface area contributed by atoms with Gasteiger partial charge < -0.3 is 19.5 Å². The molecular weight excluding hydrogens is 459 g/mol. The highest BCUT2D eigenvalue weighted by molar-refractivity contribution is 7.10. The van der Waals surface area contributed by atoms with Crippen molar-refractivity contribution in [2.75, 3.05) is 31.5 Å². The van der Waals surface area contributed by atoms with Crippen molar-refractivity contribution in [3.8, 4) is 0 Å². The van der Waals surface area contributed by atoms with Gasteiger partial charge in [0.05, 0.1) is 18.5 Å². The molecule has 33 heavy (non-hydrogen) atoms. The Hall–Kier alpha value is -3.28. The maximum Gasteiger partial charge on any atom is 0.410 e. The summed E-state index contributed by atoms with van der Waals surface area (Å²) in [7, 11) is 0. The molecule has 2 aliphatic rings. The number of anilines is 1. The summed E-state index contributed by atoms with van der Waals surface area (Å²) in [6.07, 6.45) is -2.10. The van der Waals surface area contributed by atoms with Gasteiger partial charge in [-0.3, -0.25) is 9.59 Å². The fourth-order valence-corrected chi connectivity index (χ4v) is 5.02. The number of alkyl halides is 3. The molecule has 3 aromatic rings. The third-order valence-electron chi connectivity index (χ3n) is 5.94. The second-order valence-corrected chi connectivity index (χ2v) is 8.90. The van der Waals surface area contributed by atoms with Gasteiger partial charge in [-0.05, 0) is 23.6 Å². The van der Waals surface area contributed by atoms with Gasteiger partial charge in [-0.15, -0.1) is 11.3 Å². The van der Waals surface area contributed by atoms with Crippen LogP contribution >= 0.6 is 11.3 Å². The zero-order chi connectivity index (χ0) is 23.2. The molecule has 174 valence electrons. The molecule has 0 aliphatic carbocycles. The molecule has 5 heterocycles. The molecule has 2 amide bonds. The summed E-state index contributed by atoms with van der Waals surface area (Å²) in [4.78, 5) is 29.5. The van der Waals surface area contributed by atoms with Crippen molar-refractivity contribution in [1.29, 1.82) is 0 Å². The summed E-state index contributed by atoms with van der Waals surface area (Å²) in [6.45, 7) is 1.11. The topological polar surface area (TPSA) is 83.6 Å². The molecule has 5 rings (SSSR count). The summed E-state index contributed by atoms with van der Waals surface area (Å²) in [6, 6.07) is 4.36. The minimum atomic E-state index is -4.50. The van der Waals surface area contributed by atoms with E-state index in [0.717, 1.165) is 9.56 Å². The van der Waals surface area contributed by atoms with Crippen molar-refractivity contribution in [3.05, 3.63) is 58.3 Å². The van der Waals surface area contributed by atoms with Crippen LogP contribution in [0.2, 0.25) is 0 Å². The third-order valence-corrected chi connectivity index (χ3v) is 6.93. The van der Waals surface area contributed by atoms with Crippen LogP contribution in [0.4, 0.5) is 19.0 Å². The zero-order valence-electron chi connectivity index (χ0n) is 17.3. The van der Waals surface area contributed by atoms with Gasteiger partial charge in [0.25, 0.3) is 11.8 Å². The Labute approximate surface area is 190 Å². The van der Waals surface area contributed by atoms with E-state index in [-0.39, 0.29) is 42.6 Å². The van der Waals surface area contributed by atoms with Crippen LogP contribution in [-0.4, -0.2) is 63.7 Å². The predicted octanol–water partition coefficient (Wildman–Crippen LogP) is 3.80. The molecule has 0 aromatic carbocycles. The highest BCUT2D eigenvalue weighted by Gasteiger charge is 2.47. The quantitative estimate of drug-likeness (QED) is 0.618. The number of rotatable bonds is 3. The Morgan fingerprint density at radius 3 is 2.42 bits per heavy atom. The number of hydrogen-bond donors (Lipinski definition) is 1. The van der Waals surface area contributed by atoms with Gasteiger partial charge in [0.15, 0.2) is 11.8 Å². The number of piperazine rings is 1. The van der Waals surface area contributed by atoms with E-state index in [2.05, 4.69) is 10.4 Å². The van der Waals surface area contributed by atoms with Crippen LogP contribution in [0.5, 0.6) is 0 Å². The van der Waals surface area contributed by atoms with Gasteiger partial charge in [-0.2, -0.15) is 18.3 Å². The fourth-order valence-electron chi connectivity index (χ4n) is 4.23. The number of halogens is 3. The van der Waals surface area contributed by atoms with E-state index in [1.807, 2.05) is 0 Å². The molecule has 8 nitrogen and oxygen atoms in total. The van der Waals surface area contributed by atoms with Crippen LogP contribution in [0.3, 0.4) is 0 Å². The highest BCUT2D eigenvalue weighted by atomic mass is 32.1. The number of amides is 2.